The monoisotopic (exact) mass is 495 g/mol. The molecule has 1 aliphatic heterocycles. The molecule has 0 spiro atoms. The molecule has 0 bridgehead atoms. The molecule has 1 fully saturated rings. The molecular formula is C17H19BrFNO4S3. The van der Waals surface area contributed by atoms with Gasteiger partial charge in [-0.3, -0.25) is 4.79 Å². The van der Waals surface area contributed by atoms with Gasteiger partial charge in [0.1, 0.15) is 10.0 Å². The predicted octanol–water partition coefficient (Wildman–Crippen LogP) is 3.56. The summed E-state index contributed by atoms with van der Waals surface area (Å²) in [5.41, 5.74) is 1.45. The highest BCUT2D eigenvalue weighted by atomic mass is 79.9. The van der Waals surface area contributed by atoms with Crippen molar-refractivity contribution in [2.24, 2.45) is 0 Å². The Morgan fingerprint density at radius 2 is 2.15 bits per heavy atom. The van der Waals surface area contributed by atoms with Crippen molar-refractivity contribution in [3.8, 4) is 0 Å². The molecule has 27 heavy (non-hydrogen) atoms. The lowest BCUT2D eigenvalue weighted by molar-refractivity contribution is 0.0992. The Morgan fingerprint density at radius 1 is 1.41 bits per heavy atom. The minimum absolute atomic E-state index is 0. The molecule has 1 atom stereocenters. The maximum atomic E-state index is 13.4. The number of aryl methyl sites for hydroxylation is 1. The maximum Gasteiger partial charge on any atom is 0.250 e. The van der Waals surface area contributed by atoms with Crippen molar-refractivity contribution in [1.29, 1.82) is 0 Å². The van der Waals surface area contributed by atoms with E-state index in [2.05, 4.69) is 20.7 Å². The van der Waals surface area contributed by atoms with Crippen LogP contribution in [-0.2, 0) is 21.2 Å². The fourth-order valence-corrected chi connectivity index (χ4v) is 6.34. The summed E-state index contributed by atoms with van der Waals surface area (Å²) in [6, 6.07) is 5.63. The summed E-state index contributed by atoms with van der Waals surface area (Å²) in [5.74, 6) is -0.557. The molecular weight excluding hydrogens is 477 g/mol. The molecule has 3 rings (SSSR count). The van der Waals surface area contributed by atoms with E-state index in [4.69, 9.17) is 4.74 Å². The number of Topliss-reactive ketones (excluding diaryl/α,β-unsaturated/α-hetero) is 1. The third-order valence-electron chi connectivity index (χ3n) is 4.07. The first kappa shape index (κ1) is 22.5. The molecule has 1 aromatic carbocycles. The predicted molar refractivity (Wildman–Crippen MR) is 111 cm³/mol. The number of carbonyl (C=O) groups is 1. The van der Waals surface area contributed by atoms with Gasteiger partial charge >= 0.3 is 0 Å². The molecule has 1 aromatic heterocycles. The molecule has 1 aliphatic rings. The highest BCUT2D eigenvalue weighted by molar-refractivity contribution is 9.11. The van der Waals surface area contributed by atoms with Crippen molar-refractivity contribution in [2.45, 2.75) is 30.0 Å². The zero-order valence-electron chi connectivity index (χ0n) is 14.4. The van der Waals surface area contributed by atoms with Crippen LogP contribution in [0.2, 0.25) is 0 Å². The first-order chi connectivity index (χ1) is 12.3. The summed E-state index contributed by atoms with van der Waals surface area (Å²) < 4.78 is 46.6. The van der Waals surface area contributed by atoms with Crippen LogP contribution in [0.4, 0.5) is 4.39 Å². The van der Waals surface area contributed by atoms with Gasteiger partial charge in [-0.15, -0.1) is 11.3 Å². The Bertz CT molecular complexity index is 940. The van der Waals surface area contributed by atoms with Crippen LogP contribution in [0.3, 0.4) is 0 Å². The Morgan fingerprint density at radius 3 is 2.78 bits per heavy atom. The number of nitrogens with one attached hydrogen (secondary N) is 1. The normalized spacial score (nSPS) is 16.9. The Kier molecular flexibility index (Phi) is 7.62. The van der Waals surface area contributed by atoms with Crippen LogP contribution in [-0.4, -0.2) is 33.5 Å². The summed E-state index contributed by atoms with van der Waals surface area (Å²) in [7, 11) is -3.71. The molecule has 5 nitrogen and oxygen atoms in total. The number of hydrogen-bond donors (Lipinski definition) is 1. The first-order valence-electron chi connectivity index (χ1n) is 7.94. The van der Waals surface area contributed by atoms with Gasteiger partial charge in [-0.2, -0.15) is 13.5 Å². The lowest BCUT2D eigenvalue weighted by Gasteiger charge is -2.09. The Balaban J connectivity index is 0.00000261. The Hall–Kier alpha value is -0.780. The van der Waals surface area contributed by atoms with E-state index in [-0.39, 0.29) is 41.8 Å². The van der Waals surface area contributed by atoms with Crippen LogP contribution in [0, 0.1) is 12.7 Å². The van der Waals surface area contributed by atoms with Crippen LogP contribution >= 0.6 is 40.8 Å². The quantitative estimate of drug-likeness (QED) is 0.621. The van der Waals surface area contributed by atoms with Gasteiger partial charge in [0.15, 0.2) is 5.78 Å². The summed E-state index contributed by atoms with van der Waals surface area (Å²) in [5, 5.41) is 0. The number of ether oxygens (including phenoxy) is 1. The molecule has 10 heteroatoms. The van der Waals surface area contributed by atoms with Gasteiger partial charge in [-0.1, -0.05) is 12.1 Å². The summed E-state index contributed by atoms with van der Waals surface area (Å²) in [6.45, 7) is 2.51. The zero-order chi connectivity index (χ0) is 18.9. The van der Waals surface area contributed by atoms with Gasteiger partial charge in [0.2, 0.25) is 10.0 Å². The third kappa shape index (κ3) is 5.39. The maximum absolute atomic E-state index is 13.4. The average Bonchev–Trinajstić information content (AvgIpc) is 3.20. The number of ketones is 1. The standard InChI is InChI=1S/C17H17BrFNO4S2.H2S/c1-10-6-11(2-3-14(10)19)7-15(21)13-8-16(25-17(13)18)26(22,23)20-12-4-5-24-9-12;/h2-3,6,8,12,20H,4-5,7,9H2,1H3;1H2/t12-;/m0./s1. The molecule has 1 N–H and O–H groups in total. The van der Waals surface area contributed by atoms with Gasteiger partial charge in [0.25, 0.3) is 0 Å². The molecule has 0 saturated carbocycles. The van der Waals surface area contributed by atoms with Gasteiger partial charge in [0, 0.05) is 24.6 Å². The minimum atomic E-state index is -3.71. The largest absolute Gasteiger partial charge is 0.380 e. The topological polar surface area (TPSA) is 72.5 Å². The lowest BCUT2D eigenvalue weighted by atomic mass is 10.0. The van der Waals surface area contributed by atoms with Crippen molar-refractivity contribution in [2.75, 3.05) is 13.2 Å². The van der Waals surface area contributed by atoms with Gasteiger partial charge < -0.3 is 4.74 Å². The van der Waals surface area contributed by atoms with Crippen LogP contribution in [0.1, 0.15) is 27.9 Å². The number of carbonyl (C=O) groups excluding carboxylic acids is 1. The molecule has 0 radical (unpaired) electrons. The summed E-state index contributed by atoms with van der Waals surface area (Å²) >= 11 is 4.28. The average molecular weight is 496 g/mol. The van der Waals surface area contributed by atoms with E-state index in [1.165, 1.54) is 12.1 Å². The van der Waals surface area contributed by atoms with Gasteiger partial charge in [-0.25, -0.2) is 17.5 Å². The number of thiophene rings is 1. The van der Waals surface area contributed by atoms with Crippen molar-refractivity contribution in [1.82, 2.24) is 4.72 Å². The van der Waals surface area contributed by atoms with Crippen molar-refractivity contribution in [3.05, 3.63) is 50.6 Å². The van der Waals surface area contributed by atoms with Crippen LogP contribution < -0.4 is 4.72 Å². The fraction of sp³-hybridized carbons (Fsp3) is 0.353. The molecule has 1 saturated heterocycles. The first-order valence-corrected chi connectivity index (χ1v) is 11.0. The second kappa shape index (κ2) is 9.15. The molecule has 148 valence electrons. The molecule has 0 unspecified atom stereocenters. The minimum Gasteiger partial charge on any atom is -0.380 e. The number of sulfonamides is 1. The number of benzene rings is 1. The van der Waals surface area contributed by atoms with Crippen molar-refractivity contribution >= 4 is 56.6 Å². The third-order valence-corrected chi connectivity index (χ3v) is 7.90. The second-order valence-electron chi connectivity index (χ2n) is 6.12. The zero-order valence-corrected chi connectivity index (χ0v) is 18.6. The van der Waals surface area contributed by atoms with Crippen molar-refractivity contribution < 1.29 is 22.3 Å². The highest BCUT2D eigenvalue weighted by Gasteiger charge is 2.27. The van der Waals surface area contributed by atoms with E-state index in [9.17, 15) is 17.6 Å². The SMILES string of the molecule is Cc1cc(CC(=O)c2cc(S(=O)(=O)N[C@H]3CCOC3)sc2Br)ccc1F.S. The van der Waals surface area contributed by atoms with Crippen molar-refractivity contribution in [3.63, 3.8) is 0 Å². The van der Waals surface area contributed by atoms with Gasteiger partial charge in [-0.05, 0) is 52.5 Å². The number of halogens is 2. The van der Waals surface area contributed by atoms with E-state index < -0.39 is 10.0 Å². The van der Waals surface area contributed by atoms with Crippen LogP contribution in [0.25, 0.3) is 0 Å². The summed E-state index contributed by atoms with van der Waals surface area (Å²) in [6.07, 6.45) is 0.696. The van der Waals surface area contributed by atoms with Crippen LogP contribution in [0.15, 0.2) is 32.3 Å². The van der Waals surface area contributed by atoms with E-state index in [0.29, 0.717) is 40.1 Å². The highest BCUT2D eigenvalue weighted by Crippen LogP contribution is 2.32. The Labute approximate surface area is 176 Å². The second-order valence-corrected chi connectivity index (χ2v) is 10.4. The summed E-state index contributed by atoms with van der Waals surface area (Å²) in [4.78, 5) is 12.6. The molecule has 2 heterocycles. The van der Waals surface area contributed by atoms with E-state index in [0.717, 1.165) is 11.3 Å². The van der Waals surface area contributed by atoms with Gasteiger partial charge in [0.05, 0.1) is 10.4 Å². The molecule has 0 amide bonds. The van der Waals surface area contributed by atoms with Crippen LogP contribution in [0.5, 0.6) is 0 Å². The lowest BCUT2D eigenvalue weighted by Crippen LogP contribution is -2.34. The number of hydrogen-bond acceptors (Lipinski definition) is 5. The van der Waals surface area contributed by atoms with E-state index >= 15 is 0 Å². The van der Waals surface area contributed by atoms with E-state index in [1.54, 1.807) is 19.1 Å². The molecule has 2 aromatic rings. The van der Waals surface area contributed by atoms with E-state index in [1.807, 2.05) is 0 Å². The molecule has 0 aliphatic carbocycles. The fourth-order valence-electron chi connectivity index (χ4n) is 2.67. The number of rotatable bonds is 6. The smallest absolute Gasteiger partial charge is 0.250 e.